The molecule has 2 aliphatic carbocycles. The maximum Gasteiger partial charge on any atom is 0.251 e. The van der Waals surface area contributed by atoms with Gasteiger partial charge in [0.25, 0.3) is 10.0 Å². The van der Waals surface area contributed by atoms with Crippen molar-refractivity contribution in [2.45, 2.75) is 45.6 Å². The average molecular weight is 438 g/mol. The number of pyridine rings is 1. The molecule has 0 spiro atoms. The molecule has 0 saturated heterocycles. The normalized spacial score (nSPS) is 29.4. The predicted octanol–water partition coefficient (Wildman–Crippen LogP) is 3.96. The molecule has 5 rings (SSSR count). The van der Waals surface area contributed by atoms with Gasteiger partial charge in [-0.1, -0.05) is 50.2 Å². The quantitative estimate of drug-likeness (QED) is 0.709. The summed E-state index contributed by atoms with van der Waals surface area (Å²) < 4.78 is 28.9. The Kier molecular flexibility index (Phi) is 4.59. The van der Waals surface area contributed by atoms with Crippen molar-refractivity contribution in [3.8, 4) is 0 Å². The van der Waals surface area contributed by atoms with Crippen molar-refractivity contribution in [1.29, 1.82) is 0 Å². The van der Waals surface area contributed by atoms with E-state index in [0.29, 0.717) is 30.7 Å². The van der Waals surface area contributed by atoms with Crippen molar-refractivity contribution in [2.75, 3.05) is 5.75 Å². The molecule has 3 atom stereocenters. The van der Waals surface area contributed by atoms with E-state index in [-0.39, 0.29) is 22.9 Å². The lowest BCUT2D eigenvalue weighted by molar-refractivity contribution is -0.128. The first-order valence-electron chi connectivity index (χ1n) is 10.8. The lowest BCUT2D eigenvalue weighted by Crippen LogP contribution is -2.45. The van der Waals surface area contributed by atoms with Crippen LogP contribution < -0.4 is 0 Å². The standard InChI is InChI=1S/C24H27N3O3S/c1-23(2)18-11-12-24(23,22(28)14-18)16-31(29,30)27-21(17-8-4-3-5-9-17)15-20(26-27)19-10-6-7-13-25-19/h3-10,13,18,21H,11-12,14-16H2,1-2H3/t18-,21+,24-/m1/s1. The van der Waals surface area contributed by atoms with Crippen molar-refractivity contribution in [2.24, 2.45) is 21.8 Å². The third-order valence-electron chi connectivity index (χ3n) is 7.87. The molecule has 1 aromatic heterocycles. The molecule has 0 amide bonds. The number of carbonyl (C=O) groups excluding carboxylic acids is 1. The number of hydrogen-bond donors (Lipinski definition) is 0. The molecule has 2 bridgehead atoms. The fourth-order valence-corrected chi connectivity index (χ4v) is 8.08. The largest absolute Gasteiger partial charge is 0.299 e. The number of fused-ring (bicyclic) bond motifs is 2. The van der Waals surface area contributed by atoms with Crippen LogP contribution in [0.15, 0.2) is 59.8 Å². The Morgan fingerprint density at radius 2 is 1.81 bits per heavy atom. The SMILES string of the molecule is CC1(C)[C@@H]2CC[C@@]1(CS(=O)(=O)N1N=C(c3ccccn3)C[C@H]1c1ccccc1)C(=O)C2. The Morgan fingerprint density at radius 3 is 2.42 bits per heavy atom. The minimum atomic E-state index is -3.83. The van der Waals surface area contributed by atoms with Crippen LogP contribution in [0.2, 0.25) is 0 Å². The van der Waals surface area contributed by atoms with Crippen molar-refractivity contribution in [3.63, 3.8) is 0 Å². The van der Waals surface area contributed by atoms with Gasteiger partial charge >= 0.3 is 0 Å². The van der Waals surface area contributed by atoms with Crippen molar-refractivity contribution < 1.29 is 13.2 Å². The van der Waals surface area contributed by atoms with E-state index in [1.165, 1.54) is 4.41 Å². The molecule has 1 aliphatic heterocycles. The Bertz CT molecular complexity index is 1150. The molecule has 0 N–H and O–H groups in total. The maximum atomic E-state index is 13.8. The third kappa shape index (κ3) is 3.04. The lowest BCUT2D eigenvalue weighted by atomic mass is 9.70. The first-order chi connectivity index (χ1) is 14.7. The van der Waals surface area contributed by atoms with Gasteiger partial charge in [-0.3, -0.25) is 9.78 Å². The smallest absolute Gasteiger partial charge is 0.251 e. The van der Waals surface area contributed by atoms with Gasteiger partial charge in [-0.05, 0) is 41.9 Å². The summed E-state index contributed by atoms with van der Waals surface area (Å²) in [5, 5.41) is 4.57. The Labute approximate surface area is 183 Å². The summed E-state index contributed by atoms with van der Waals surface area (Å²) in [6.45, 7) is 4.12. The number of ketones is 1. The summed E-state index contributed by atoms with van der Waals surface area (Å²) in [5.41, 5.74) is 1.09. The number of hydrazone groups is 1. The summed E-state index contributed by atoms with van der Waals surface area (Å²) in [4.78, 5) is 17.3. The molecule has 2 fully saturated rings. The number of nitrogens with zero attached hydrogens (tertiary/aromatic N) is 3. The topological polar surface area (TPSA) is 79.7 Å². The van der Waals surface area contributed by atoms with E-state index in [9.17, 15) is 13.2 Å². The molecule has 1 aromatic carbocycles. The summed E-state index contributed by atoms with van der Waals surface area (Å²) in [6.07, 6.45) is 4.19. The Balaban J connectivity index is 1.55. The van der Waals surface area contributed by atoms with Crippen molar-refractivity contribution in [3.05, 3.63) is 66.0 Å². The molecule has 2 aromatic rings. The second-order valence-corrected chi connectivity index (χ2v) is 11.4. The molecular formula is C24H27N3O3S. The Morgan fingerprint density at radius 1 is 1.06 bits per heavy atom. The fourth-order valence-electron chi connectivity index (χ4n) is 5.84. The van der Waals surface area contributed by atoms with Crippen LogP contribution in [0.4, 0.5) is 0 Å². The molecular weight excluding hydrogens is 410 g/mol. The van der Waals surface area contributed by atoms with E-state index in [0.717, 1.165) is 12.0 Å². The molecule has 31 heavy (non-hydrogen) atoms. The Hall–Kier alpha value is -2.54. The van der Waals surface area contributed by atoms with Gasteiger partial charge in [-0.2, -0.15) is 9.52 Å². The molecule has 3 aliphatic rings. The number of sulfonamides is 1. The van der Waals surface area contributed by atoms with Gasteiger partial charge in [0.15, 0.2) is 0 Å². The summed E-state index contributed by atoms with van der Waals surface area (Å²) >= 11 is 0. The highest BCUT2D eigenvalue weighted by Crippen LogP contribution is 2.64. The molecule has 162 valence electrons. The van der Waals surface area contributed by atoms with Gasteiger partial charge < -0.3 is 0 Å². The molecule has 6 nitrogen and oxygen atoms in total. The predicted molar refractivity (Wildman–Crippen MR) is 119 cm³/mol. The van der Waals surface area contributed by atoms with E-state index < -0.39 is 21.5 Å². The maximum absolute atomic E-state index is 13.8. The number of carbonyl (C=O) groups is 1. The van der Waals surface area contributed by atoms with Crippen LogP contribution in [-0.4, -0.2) is 35.1 Å². The van der Waals surface area contributed by atoms with Crippen LogP contribution in [0.3, 0.4) is 0 Å². The van der Waals surface area contributed by atoms with Crippen LogP contribution in [0.5, 0.6) is 0 Å². The van der Waals surface area contributed by atoms with Gasteiger partial charge in [-0.15, -0.1) is 0 Å². The minimum Gasteiger partial charge on any atom is -0.299 e. The van der Waals surface area contributed by atoms with Crippen LogP contribution in [0.25, 0.3) is 0 Å². The highest BCUT2D eigenvalue weighted by Gasteiger charge is 2.66. The number of hydrogen-bond acceptors (Lipinski definition) is 5. The number of aromatic nitrogens is 1. The van der Waals surface area contributed by atoms with Crippen LogP contribution in [-0.2, 0) is 14.8 Å². The second kappa shape index (κ2) is 6.99. The lowest BCUT2D eigenvalue weighted by Gasteiger charge is -2.37. The monoisotopic (exact) mass is 437 g/mol. The van der Waals surface area contributed by atoms with Gasteiger partial charge in [0, 0.05) is 19.0 Å². The minimum absolute atomic E-state index is 0.0988. The molecule has 2 saturated carbocycles. The summed E-state index contributed by atoms with van der Waals surface area (Å²) in [7, 11) is -3.83. The molecule has 7 heteroatoms. The van der Waals surface area contributed by atoms with Gasteiger partial charge in [0.05, 0.1) is 28.6 Å². The van der Waals surface area contributed by atoms with Crippen molar-refractivity contribution >= 4 is 21.5 Å². The van der Waals surface area contributed by atoms with Gasteiger partial charge in [-0.25, -0.2) is 8.42 Å². The zero-order valence-corrected chi connectivity index (χ0v) is 18.7. The second-order valence-electron chi connectivity index (χ2n) is 9.59. The van der Waals surface area contributed by atoms with E-state index in [1.807, 2.05) is 48.5 Å². The van der Waals surface area contributed by atoms with E-state index in [1.54, 1.807) is 6.20 Å². The van der Waals surface area contributed by atoms with Crippen LogP contribution in [0.1, 0.15) is 56.8 Å². The number of benzene rings is 1. The number of Topliss-reactive ketones (excluding diaryl/α,β-unsaturated/α-hetero) is 1. The highest BCUT2D eigenvalue weighted by atomic mass is 32.2. The first kappa shape index (κ1) is 20.4. The molecule has 0 unspecified atom stereocenters. The van der Waals surface area contributed by atoms with Gasteiger partial charge in [0.2, 0.25) is 0 Å². The van der Waals surface area contributed by atoms with E-state index in [2.05, 4.69) is 23.9 Å². The zero-order chi connectivity index (χ0) is 21.9. The summed E-state index contributed by atoms with van der Waals surface area (Å²) in [5.74, 6) is 0.193. The summed E-state index contributed by atoms with van der Waals surface area (Å²) in [6, 6.07) is 14.7. The van der Waals surface area contributed by atoms with Crippen LogP contribution in [0, 0.1) is 16.7 Å². The van der Waals surface area contributed by atoms with E-state index >= 15 is 0 Å². The third-order valence-corrected chi connectivity index (χ3v) is 9.63. The molecule has 0 radical (unpaired) electrons. The van der Waals surface area contributed by atoms with Crippen LogP contribution >= 0.6 is 0 Å². The van der Waals surface area contributed by atoms with Crippen molar-refractivity contribution in [1.82, 2.24) is 9.40 Å². The van der Waals surface area contributed by atoms with Gasteiger partial charge in [0.1, 0.15) is 5.78 Å². The highest BCUT2D eigenvalue weighted by molar-refractivity contribution is 7.89. The molecule has 2 heterocycles. The number of rotatable bonds is 5. The first-order valence-corrected chi connectivity index (χ1v) is 12.4. The fraction of sp³-hybridized carbons (Fsp3) is 0.458. The average Bonchev–Trinajstić information content (AvgIpc) is 3.36. The van der Waals surface area contributed by atoms with E-state index in [4.69, 9.17) is 0 Å². The zero-order valence-electron chi connectivity index (χ0n) is 17.9.